The van der Waals surface area contributed by atoms with E-state index in [-0.39, 0.29) is 5.91 Å². The van der Waals surface area contributed by atoms with Crippen LogP contribution in [0.5, 0.6) is 17.4 Å². The van der Waals surface area contributed by atoms with Gasteiger partial charge in [-0.2, -0.15) is 0 Å². The highest BCUT2D eigenvalue weighted by Crippen LogP contribution is 2.31. The first-order valence-electron chi connectivity index (χ1n) is 7.26. The van der Waals surface area contributed by atoms with Gasteiger partial charge in [0.25, 0.3) is 0 Å². The molecule has 0 saturated carbocycles. The van der Waals surface area contributed by atoms with E-state index in [4.69, 9.17) is 9.47 Å². The molecule has 0 aliphatic rings. The molecule has 1 heterocycles. The Kier molecular flexibility index (Phi) is 5.94. The fraction of sp³-hybridized carbons (Fsp3) is 0.294. The molecule has 1 amide bonds. The van der Waals surface area contributed by atoms with Crippen molar-refractivity contribution in [3.8, 4) is 17.4 Å². The molecule has 0 atom stereocenters. The van der Waals surface area contributed by atoms with Crippen molar-refractivity contribution >= 4 is 5.91 Å². The smallest absolute Gasteiger partial charge is 0.234 e. The fourth-order valence-electron chi connectivity index (χ4n) is 1.99. The number of nitrogens with zero attached hydrogens (tertiary/aromatic N) is 2. The Morgan fingerprint density at radius 1 is 1.17 bits per heavy atom. The van der Waals surface area contributed by atoms with Gasteiger partial charge in [-0.3, -0.25) is 4.79 Å². The third kappa shape index (κ3) is 4.96. The van der Waals surface area contributed by atoms with Crippen LogP contribution < -0.4 is 14.8 Å². The van der Waals surface area contributed by atoms with Gasteiger partial charge in [-0.05, 0) is 32.3 Å². The molecule has 0 radical (unpaired) electrons. The number of hydrogen-bond acceptors (Lipinski definition) is 5. The third-order valence-electron chi connectivity index (χ3n) is 3.06. The van der Waals surface area contributed by atoms with Gasteiger partial charge in [0.1, 0.15) is 0 Å². The summed E-state index contributed by atoms with van der Waals surface area (Å²) in [7, 11) is 5.28. The summed E-state index contributed by atoms with van der Waals surface area (Å²) in [5, 5.41) is 2.85. The van der Waals surface area contributed by atoms with Crippen molar-refractivity contribution in [3.63, 3.8) is 0 Å². The van der Waals surface area contributed by atoms with Crippen LogP contribution in [0.25, 0.3) is 0 Å². The molecular weight excluding hydrogens is 294 g/mol. The van der Waals surface area contributed by atoms with Crippen molar-refractivity contribution in [1.82, 2.24) is 15.2 Å². The van der Waals surface area contributed by atoms with Crippen LogP contribution in [0.15, 0.2) is 42.6 Å². The number of amides is 1. The molecule has 0 saturated heterocycles. The number of methoxy groups -OCH3 is 1. The Morgan fingerprint density at radius 2 is 1.91 bits per heavy atom. The number of rotatable bonds is 7. The number of pyridine rings is 1. The minimum atomic E-state index is -0.0536. The lowest BCUT2D eigenvalue weighted by Crippen LogP contribution is -2.32. The van der Waals surface area contributed by atoms with E-state index in [1.165, 1.54) is 0 Å². The summed E-state index contributed by atoms with van der Waals surface area (Å²) in [6.45, 7) is 0.688. The normalized spacial score (nSPS) is 10.4. The van der Waals surface area contributed by atoms with E-state index in [1.54, 1.807) is 13.3 Å². The SMILES string of the molecule is COc1ccccc1Oc1ncccc1CNC(=O)CN(C)C. The van der Waals surface area contributed by atoms with E-state index in [1.807, 2.05) is 55.4 Å². The largest absolute Gasteiger partial charge is 0.493 e. The molecule has 0 bridgehead atoms. The lowest BCUT2D eigenvalue weighted by Gasteiger charge is -2.13. The Morgan fingerprint density at radius 3 is 2.61 bits per heavy atom. The molecule has 1 N–H and O–H groups in total. The summed E-state index contributed by atoms with van der Waals surface area (Å²) in [5.74, 6) is 1.60. The number of carbonyl (C=O) groups excluding carboxylic acids is 1. The maximum atomic E-state index is 11.8. The molecule has 0 fully saturated rings. The third-order valence-corrected chi connectivity index (χ3v) is 3.06. The molecule has 2 aromatic rings. The number of nitrogens with one attached hydrogen (secondary N) is 1. The van der Waals surface area contributed by atoms with Gasteiger partial charge in [0.15, 0.2) is 11.5 Å². The minimum absolute atomic E-state index is 0.0536. The van der Waals surface area contributed by atoms with Crippen molar-refractivity contribution < 1.29 is 14.3 Å². The second-order valence-electron chi connectivity index (χ2n) is 5.24. The average molecular weight is 315 g/mol. The second kappa shape index (κ2) is 8.14. The second-order valence-corrected chi connectivity index (χ2v) is 5.24. The Labute approximate surface area is 136 Å². The van der Waals surface area contributed by atoms with Crippen molar-refractivity contribution in [2.45, 2.75) is 6.54 Å². The van der Waals surface area contributed by atoms with Gasteiger partial charge in [-0.25, -0.2) is 4.98 Å². The monoisotopic (exact) mass is 315 g/mol. The summed E-state index contributed by atoms with van der Waals surface area (Å²) in [5.41, 5.74) is 0.797. The highest BCUT2D eigenvalue weighted by molar-refractivity contribution is 5.77. The zero-order chi connectivity index (χ0) is 16.7. The van der Waals surface area contributed by atoms with E-state index in [0.717, 1.165) is 5.56 Å². The maximum Gasteiger partial charge on any atom is 0.234 e. The molecule has 0 aliphatic carbocycles. The van der Waals surface area contributed by atoms with Crippen LogP contribution in [0.1, 0.15) is 5.56 Å². The average Bonchev–Trinajstić information content (AvgIpc) is 2.54. The van der Waals surface area contributed by atoms with Gasteiger partial charge in [-0.15, -0.1) is 0 Å². The lowest BCUT2D eigenvalue weighted by molar-refractivity contribution is -0.121. The summed E-state index contributed by atoms with van der Waals surface area (Å²) in [6.07, 6.45) is 1.65. The number of ether oxygens (including phenoxy) is 2. The van der Waals surface area contributed by atoms with Crippen LogP contribution >= 0.6 is 0 Å². The number of carbonyl (C=O) groups is 1. The van der Waals surface area contributed by atoms with Crippen molar-refractivity contribution in [2.75, 3.05) is 27.7 Å². The van der Waals surface area contributed by atoms with E-state index >= 15 is 0 Å². The predicted octanol–water partition coefficient (Wildman–Crippen LogP) is 2.06. The number of hydrogen-bond donors (Lipinski definition) is 1. The van der Waals surface area contributed by atoms with E-state index in [2.05, 4.69) is 10.3 Å². The zero-order valence-electron chi connectivity index (χ0n) is 13.6. The van der Waals surface area contributed by atoms with Crippen LogP contribution in [0.3, 0.4) is 0 Å². The van der Waals surface area contributed by atoms with Gasteiger partial charge >= 0.3 is 0 Å². The number of para-hydroxylation sites is 2. The van der Waals surface area contributed by atoms with Gasteiger partial charge in [0, 0.05) is 18.3 Å². The summed E-state index contributed by atoms with van der Waals surface area (Å²) in [6, 6.07) is 11.0. The number of aromatic nitrogens is 1. The first kappa shape index (κ1) is 16.8. The molecule has 0 spiro atoms. The van der Waals surface area contributed by atoms with Crippen molar-refractivity contribution in [1.29, 1.82) is 0 Å². The summed E-state index contributed by atoms with van der Waals surface area (Å²) < 4.78 is 11.1. The van der Waals surface area contributed by atoms with E-state index in [9.17, 15) is 4.79 Å². The highest BCUT2D eigenvalue weighted by Gasteiger charge is 2.11. The summed E-state index contributed by atoms with van der Waals surface area (Å²) >= 11 is 0. The fourth-order valence-corrected chi connectivity index (χ4v) is 1.99. The number of likely N-dealkylation sites (N-methyl/N-ethyl adjacent to an activating group) is 1. The maximum absolute atomic E-state index is 11.8. The Bertz CT molecular complexity index is 659. The summed E-state index contributed by atoms with van der Waals surface area (Å²) in [4.78, 5) is 17.8. The first-order chi connectivity index (χ1) is 11.1. The molecule has 6 heteroatoms. The first-order valence-corrected chi connectivity index (χ1v) is 7.26. The predicted molar refractivity (Wildman–Crippen MR) is 87.7 cm³/mol. The van der Waals surface area contributed by atoms with Crippen LogP contribution in [-0.2, 0) is 11.3 Å². The van der Waals surface area contributed by atoms with Crippen LogP contribution in [0.4, 0.5) is 0 Å². The molecule has 6 nitrogen and oxygen atoms in total. The molecule has 122 valence electrons. The minimum Gasteiger partial charge on any atom is -0.493 e. The molecule has 23 heavy (non-hydrogen) atoms. The van der Waals surface area contributed by atoms with Crippen LogP contribution in [0, 0.1) is 0 Å². The molecule has 2 rings (SSSR count). The van der Waals surface area contributed by atoms with Gasteiger partial charge in [-0.1, -0.05) is 18.2 Å². The lowest BCUT2D eigenvalue weighted by atomic mass is 10.2. The highest BCUT2D eigenvalue weighted by atomic mass is 16.5. The van der Waals surface area contributed by atoms with E-state index < -0.39 is 0 Å². The Hall–Kier alpha value is -2.60. The van der Waals surface area contributed by atoms with Gasteiger partial charge < -0.3 is 19.7 Å². The number of benzene rings is 1. The quantitative estimate of drug-likeness (QED) is 0.847. The molecule has 0 unspecified atom stereocenters. The van der Waals surface area contributed by atoms with Crippen molar-refractivity contribution in [3.05, 3.63) is 48.2 Å². The molecular formula is C17H21N3O3. The zero-order valence-corrected chi connectivity index (χ0v) is 13.6. The van der Waals surface area contributed by atoms with Gasteiger partial charge in [0.05, 0.1) is 13.7 Å². The van der Waals surface area contributed by atoms with Crippen LogP contribution in [0.2, 0.25) is 0 Å². The molecule has 1 aromatic carbocycles. The van der Waals surface area contributed by atoms with Gasteiger partial charge in [0.2, 0.25) is 11.8 Å². The standard InChI is InChI=1S/C17H21N3O3/c1-20(2)12-16(21)19-11-13-7-6-10-18-17(13)23-15-9-5-4-8-14(15)22-3/h4-10H,11-12H2,1-3H3,(H,19,21). The van der Waals surface area contributed by atoms with Crippen LogP contribution in [-0.4, -0.2) is 43.5 Å². The van der Waals surface area contributed by atoms with E-state index in [0.29, 0.717) is 30.5 Å². The molecule has 1 aromatic heterocycles. The molecule has 0 aliphatic heterocycles. The topological polar surface area (TPSA) is 63.7 Å². The van der Waals surface area contributed by atoms with Crippen molar-refractivity contribution in [2.24, 2.45) is 0 Å². The Balaban J connectivity index is 2.10.